The van der Waals surface area contributed by atoms with Crippen molar-refractivity contribution in [2.24, 2.45) is 0 Å². The summed E-state index contributed by atoms with van der Waals surface area (Å²) < 4.78 is 18.4. The van der Waals surface area contributed by atoms with Crippen molar-refractivity contribution in [3.63, 3.8) is 0 Å². The molecule has 2 aromatic rings. The maximum absolute atomic E-state index is 13.6. The number of benzene rings is 1. The highest BCUT2D eigenvalue weighted by Gasteiger charge is 2.22. The van der Waals surface area contributed by atoms with E-state index < -0.39 is 28.0 Å². The summed E-state index contributed by atoms with van der Waals surface area (Å²) in [7, 11) is 0. The Morgan fingerprint density at radius 1 is 1.57 bits per heavy atom. The lowest BCUT2D eigenvalue weighted by Crippen LogP contribution is -2.07. The third-order valence-electron chi connectivity index (χ3n) is 2.51. The maximum Gasteiger partial charge on any atom is 0.338 e. The van der Waals surface area contributed by atoms with Crippen molar-refractivity contribution >= 4 is 17.3 Å². The van der Waals surface area contributed by atoms with Crippen LogP contribution in [0.25, 0.3) is 0 Å². The lowest BCUT2D eigenvalue weighted by molar-refractivity contribution is -0.384. The summed E-state index contributed by atoms with van der Waals surface area (Å²) in [4.78, 5) is 24.8. The predicted molar refractivity (Wildman–Crippen MR) is 66.4 cm³/mol. The van der Waals surface area contributed by atoms with Crippen LogP contribution in [0.1, 0.15) is 22.1 Å². The number of nitro groups is 1. The molecule has 0 saturated carbocycles. The fourth-order valence-electron chi connectivity index (χ4n) is 1.60. The normalized spacial score (nSPS) is 10.4. The zero-order chi connectivity index (χ0) is 15.6. The molecule has 0 atom stereocenters. The van der Waals surface area contributed by atoms with Crippen LogP contribution < -0.4 is 5.32 Å². The summed E-state index contributed by atoms with van der Waals surface area (Å²) in [5, 5.41) is 25.8. The SMILES string of the molecule is Cc1noc(CNc2cc(F)c(C(=O)O)cc2[N+](=O)[O-])n1. The summed E-state index contributed by atoms with van der Waals surface area (Å²) in [5.41, 5.74) is -1.52. The summed E-state index contributed by atoms with van der Waals surface area (Å²) in [6.45, 7) is 1.53. The van der Waals surface area contributed by atoms with E-state index in [2.05, 4.69) is 15.5 Å². The molecule has 1 heterocycles. The van der Waals surface area contributed by atoms with E-state index in [9.17, 15) is 19.3 Å². The van der Waals surface area contributed by atoms with Crippen LogP contribution in [-0.4, -0.2) is 26.1 Å². The second-order valence-corrected chi connectivity index (χ2v) is 4.00. The first-order valence-corrected chi connectivity index (χ1v) is 5.62. The molecule has 1 aromatic heterocycles. The molecule has 110 valence electrons. The van der Waals surface area contributed by atoms with Gasteiger partial charge in [-0.1, -0.05) is 5.16 Å². The molecule has 2 N–H and O–H groups in total. The van der Waals surface area contributed by atoms with Crippen molar-refractivity contribution in [1.82, 2.24) is 10.1 Å². The van der Waals surface area contributed by atoms with E-state index in [0.29, 0.717) is 11.9 Å². The van der Waals surface area contributed by atoms with Gasteiger partial charge in [0.25, 0.3) is 5.69 Å². The number of hydrogen-bond donors (Lipinski definition) is 2. The topological polar surface area (TPSA) is 131 Å². The van der Waals surface area contributed by atoms with E-state index in [0.717, 1.165) is 6.07 Å². The number of anilines is 1. The molecule has 10 heteroatoms. The quantitative estimate of drug-likeness (QED) is 0.629. The number of rotatable bonds is 5. The van der Waals surface area contributed by atoms with E-state index in [-0.39, 0.29) is 18.1 Å². The summed E-state index contributed by atoms with van der Waals surface area (Å²) >= 11 is 0. The Morgan fingerprint density at radius 3 is 2.81 bits per heavy atom. The molecule has 0 aliphatic heterocycles. The molecular weight excluding hydrogens is 287 g/mol. The molecular formula is C11H9FN4O5. The smallest absolute Gasteiger partial charge is 0.338 e. The maximum atomic E-state index is 13.6. The van der Waals surface area contributed by atoms with Gasteiger partial charge in [0.05, 0.1) is 11.5 Å². The third-order valence-corrected chi connectivity index (χ3v) is 2.51. The number of carboxylic acid groups (broad SMARTS) is 1. The monoisotopic (exact) mass is 296 g/mol. The number of nitro benzene ring substituents is 1. The standard InChI is InChI=1S/C11H9FN4O5/c1-5-14-10(21-15-5)4-13-8-3-7(12)6(11(17)18)2-9(8)16(19)20/h2-3,13H,4H2,1H3,(H,17,18). The van der Waals surface area contributed by atoms with Crippen LogP contribution in [-0.2, 0) is 6.54 Å². The predicted octanol–water partition coefficient (Wildman–Crippen LogP) is 1.74. The fraction of sp³-hybridized carbons (Fsp3) is 0.182. The molecule has 0 fully saturated rings. The molecule has 0 aliphatic carbocycles. The molecule has 0 spiro atoms. The van der Waals surface area contributed by atoms with Gasteiger partial charge in [-0.3, -0.25) is 10.1 Å². The Balaban J connectivity index is 2.31. The molecule has 0 saturated heterocycles. The molecule has 0 bridgehead atoms. The molecule has 0 radical (unpaired) electrons. The molecule has 0 amide bonds. The second kappa shape index (κ2) is 5.53. The number of aromatic carboxylic acids is 1. The van der Waals surface area contributed by atoms with Crippen LogP contribution >= 0.6 is 0 Å². The Kier molecular flexibility index (Phi) is 3.78. The van der Waals surface area contributed by atoms with Crippen molar-refractivity contribution < 1.29 is 23.7 Å². The Hall–Kier alpha value is -3.04. The number of halogens is 1. The van der Waals surface area contributed by atoms with Gasteiger partial charge in [0, 0.05) is 12.1 Å². The number of hydrogen-bond acceptors (Lipinski definition) is 7. The average molecular weight is 296 g/mol. The lowest BCUT2D eigenvalue weighted by atomic mass is 10.1. The van der Waals surface area contributed by atoms with Gasteiger partial charge in [-0.05, 0) is 6.92 Å². The van der Waals surface area contributed by atoms with Crippen molar-refractivity contribution in [2.45, 2.75) is 13.5 Å². The lowest BCUT2D eigenvalue weighted by Gasteiger charge is -2.06. The average Bonchev–Trinajstić information content (AvgIpc) is 2.81. The van der Waals surface area contributed by atoms with Crippen LogP contribution in [0.2, 0.25) is 0 Å². The summed E-state index contributed by atoms with van der Waals surface area (Å²) in [6, 6.07) is 1.39. The number of carboxylic acids is 1. The van der Waals surface area contributed by atoms with E-state index in [1.807, 2.05) is 0 Å². The molecule has 21 heavy (non-hydrogen) atoms. The molecule has 0 aliphatic rings. The van der Waals surface area contributed by atoms with Crippen molar-refractivity contribution in [3.05, 3.63) is 45.3 Å². The molecule has 9 nitrogen and oxygen atoms in total. The minimum absolute atomic E-state index is 0.0620. The first-order chi connectivity index (χ1) is 9.88. The Labute approximate surface area is 116 Å². The fourth-order valence-corrected chi connectivity index (χ4v) is 1.60. The Bertz CT molecular complexity index is 715. The minimum Gasteiger partial charge on any atom is -0.478 e. The first-order valence-electron chi connectivity index (χ1n) is 5.62. The highest BCUT2D eigenvalue weighted by atomic mass is 19.1. The van der Waals surface area contributed by atoms with E-state index >= 15 is 0 Å². The molecule has 1 aromatic carbocycles. The zero-order valence-corrected chi connectivity index (χ0v) is 10.7. The van der Waals surface area contributed by atoms with Crippen LogP contribution in [0.5, 0.6) is 0 Å². The molecule has 2 rings (SSSR count). The van der Waals surface area contributed by atoms with Gasteiger partial charge in [-0.2, -0.15) is 4.98 Å². The van der Waals surface area contributed by atoms with Crippen molar-refractivity contribution in [1.29, 1.82) is 0 Å². The van der Waals surface area contributed by atoms with Crippen molar-refractivity contribution in [2.75, 3.05) is 5.32 Å². The van der Waals surface area contributed by atoms with Gasteiger partial charge in [0.1, 0.15) is 17.1 Å². The summed E-state index contributed by atoms with van der Waals surface area (Å²) in [5.74, 6) is -2.13. The van der Waals surface area contributed by atoms with Crippen LogP contribution in [0.15, 0.2) is 16.7 Å². The summed E-state index contributed by atoms with van der Waals surface area (Å²) in [6.07, 6.45) is 0. The minimum atomic E-state index is -1.59. The van der Waals surface area contributed by atoms with Crippen LogP contribution in [0.4, 0.5) is 15.8 Å². The van der Waals surface area contributed by atoms with E-state index in [4.69, 9.17) is 9.63 Å². The number of aryl methyl sites for hydroxylation is 1. The Morgan fingerprint density at radius 2 is 2.29 bits per heavy atom. The van der Waals surface area contributed by atoms with Crippen molar-refractivity contribution in [3.8, 4) is 0 Å². The highest BCUT2D eigenvalue weighted by molar-refractivity contribution is 5.90. The second-order valence-electron chi connectivity index (χ2n) is 4.00. The largest absolute Gasteiger partial charge is 0.478 e. The highest BCUT2D eigenvalue weighted by Crippen LogP contribution is 2.28. The van der Waals surface area contributed by atoms with Gasteiger partial charge in [-0.15, -0.1) is 0 Å². The van der Waals surface area contributed by atoms with Gasteiger partial charge < -0.3 is 14.9 Å². The number of aromatic nitrogens is 2. The molecule has 0 unspecified atom stereocenters. The van der Waals surface area contributed by atoms with Gasteiger partial charge >= 0.3 is 5.97 Å². The number of nitrogens with zero attached hydrogens (tertiary/aromatic N) is 3. The van der Waals surface area contributed by atoms with E-state index in [1.165, 1.54) is 0 Å². The first kappa shape index (κ1) is 14.4. The van der Waals surface area contributed by atoms with E-state index in [1.54, 1.807) is 6.92 Å². The number of nitrogens with one attached hydrogen (secondary N) is 1. The number of carbonyl (C=O) groups is 1. The van der Waals surface area contributed by atoms with Crippen LogP contribution in [0.3, 0.4) is 0 Å². The van der Waals surface area contributed by atoms with Gasteiger partial charge in [-0.25, -0.2) is 9.18 Å². The van der Waals surface area contributed by atoms with Gasteiger partial charge in [0.2, 0.25) is 5.89 Å². The van der Waals surface area contributed by atoms with Crippen LogP contribution in [0, 0.1) is 22.9 Å². The third kappa shape index (κ3) is 3.11. The van der Waals surface area contributed by atoms with Gasteiger partial charge in [0.15, 0.2) is 5.82 Å². The zero-order valence-electron chi connectivity index (χ0n) is 10.7.